The van der Waals surface area contributed by atoms with Gasteiger partial charge in [0.1, 0.15) is 0 Å². The predicted octanol–water partition coefficient (Wildman–Crippen LogP) is 0.0414. The standard InChI is InChI=1S/C2H6S.BHO/c1-3-2;1-2/h1-2H3;2H. The fraction of sp³-hybridized carbons (Fsp3) is 1.00. The molecule has 0 aromatic carbocycles. The zero-order valence-electron chi connectivity index (χ0n) is 3.43. The van der Waals surface area contributed by atoms with Crippen molar-refractivity contribution in [2.24, 2.45) is 0 Å². The normalized spacial score (nSPS) is 4.60. The van der Waals surface area contributed by atoms with Gasteiger partial charge in [0.15, 0.2) is 0 Å². The highest BCUT2D eigenvalue weighted by molar-refractivity contribution is 7.97. The Hall–Kier alpha value is 0.375. The van der Waals surface area contributed by atoms with Crippen molar-refractivity contribution in [3.8, 4) is 0 Å². The highest BCUT2D eigenvalue weighted by Crippen LogP contribution is 1.70. The van der Waals surface area contributed by atoms with Gasteiger partial charge >= 0.3 is 0 Å². The van der Waals surface area contributed by atoms with Crippen molar-refractivity contribution in [2.45, 2.75) is 0 Å². The zero-order chi connectivity index (χ0) is 4.71. The lowest BCUT2D eigenvalue weighted by Crippen LogP contribution is -1.34. The molecular weight excluding hydrogens is 82.9 g/mol. The van der Waals surface area contributed by atoms with Crippen LogP contribution in [0.25, 0.3) is 0 Å². The first-order valence-electron chi connectivity index (χ1n) is 1.07. The molecule has 0 heterocycles. The van der Waals surface area contributed by atoms with Gasteiger partial charge in [0.2, 0.25) is 0 Å². The number of thioether (sulfide) groups is 1. The molecule has 0 amide bonds. The average molecular weight is 90.0 g/mol. The molecule has 0 rings (SSSR count). The summed E-state index contributed by atoms with van der Waals surface area (Å²) >= 11 is 1.75. The number of hydrogen-bond donors (Lipinski definition) is 1. The van der Waals surface area contributed by atoms with E-state index in [1.807, 2.05) is 12.5 Å². The van der Waals surface area contributed by atoms with Crippen LogP contribution in [0.1, 0.15) is 0 Å². The molecule has 0 atom stereocenters. The Labute approximate surface area is 38.2 Å². The summed E-state index contributed by atoms with van der Waals surface area (Å²) in [4.78, 5) is 0. The van der Waals surface area contributed by atoms with E-state index in [0.717, 1.165) is 0 Å². The molecule has 0 aromatic rings. The Bertz CT molecular complexity index is 9.61. The molecule has 0 spiro atoms. The van der Waals surface area contributed by atoms with Gasteiger partial charge in [0, 0.05) is 0 Å². The summed E-state index contributed by atoms with van der Waals surface area (Å²) in [6.07, 6.45) is 4.08. The molecular formula is C2H7BOS. The molecule has 0 fully saturated rings. The Kier molecular flexibility index (Phi) is 47.6. The summed E-state index contributed by atoms with van der Waals surface area (Å²) in [7, 11) is 3.50. The molecule has 5 heavy (non-hydrogen) atoms. The molecule has 0 saturated carbocycles. The first-order chi connectivity index (χ1) is 2.41. The maximum absolute atomic E-state index is 6.50. The van der Waals surface area contributed by atoms with E-state index in [-0.39, 0.29) is 0 Å². The molecule has 0 aliphatic carbocycles. The van der Waals surface area contributed by atoms with Crippen LogP contribution in [0.4, 0.5) is 0 Å². The lowest BCUT2D eigenvalue weighted by molar-refractivity contribution is 0.629. The summed E-state index contributed by atoms with van der Waals surface area (Å²) in [5.74, 6) is 0. The Morgan fingerprint density at radius 1 is 1.40 bits per heavy atom. The second kappa shape index (κ2) is 26.4. The maximum Gasteiger partial charge on any atom is 0.277 e. The largest absolute Gasteiger partial charge is 0.461 e. The third-order valence-electron chi connectivity index (χ3n) is 0. The van der Waals surface area contributed by atoms with Crippen LogP contribution < -0.4 is 0 Å². The molecule has 2 radical (unpaired) electrons. The first-order valence-corrected chi connectivity index (χ1v) is 2.71. The van der Waals surface area contributed by atoms with Crippen LogP contribution in [0.3, 0.4) is 0 Å². The molecule has 0 unspecified atom stereocenters. The summed E-state index contributed by atoms with van der Waals surface area (Å²) in [5, 5.41) is 6.50. The molecule has 0 bridgehead atoms. The highest BCUT2D eigenvalue weighted by atomic mass is 32.2. The van der Waals surface area contributed by atoms with Crippen molar-refractivity contribution < 1.29 is 5.02 Å². The molecule has 0 saturated heterocycles. The van der Waals surface area contributed by atoms with E-state index < -0.39 is 0 Å². The van der Waals surface area contributed by atoms with Crippen molar-refractivity contribution in [1.82, 2.24) is 0 Å². The summed E-state index contributed by atoms with van der Waals surface area (Å²) < 4.78 is 0. The van der Waals surface area contributed by atoms with Crippen LogP contribution in [0.5, 0.6) is 0 Å². The zero-order valence-corrected chi connectivity index (χ0v) is 4.25. The molecule has 1 N–H and O–H groups in total. The molecule has 30 valence electrons. The molecule has 1 nitrogen and oxygen atoms in total. The maximum atomic E-state index is 6.50. The molecule has 0 aromatic heterocycles. The van der Waals surface area contributed by atoms with Gasteiger partial charge < -0.3 is 5.02 Å². The minimum absolute atomic E-state index is 1.75. The van der Waals surface area contributed by atoms with E-state index in [0.29, 0.717) is 0 Å². The van der Waals surface area contributed by atoms with E-state index in [1.54, 1.807) is 11.8 Å². The topological polar surface area (TPSA) is 20.2 Å². The van der Waals surface area contributed by atoms with Crippen molar-refractivity contribution in [3.63, 3.8) is 0 Å². The quantitative estimate of drug-likeness (QED) is 0.424. The van der Waals surface area contributed by atoms with Gasteiger partial charge in [0.25, 0.3) is 8.05 Å². The van der Waals surface area contributed by atoms with Gasteiger partial charge in [-0.05, 0) is 12.5 Å². The monoisotopic (exact) mass is 90.0 g/mol. The van der Waals surface area contributed by atoms with Crippen LogP contribution in [0.2, 0.25) is 0 Å². The van der Waals surface area contributed by atoms with Crippen molar-refractivity contribution in [1.29, 1.82) is 0 Å². The second-order valence-corrected chi connectivity index (χ2v) is 1.22. The van der Waals surface area contributed by atoms with E-state index in [2.05, 4.69) is 8.05 Å². The number of rotatable bonds is 0. The lowest BCUT2D eigenvalue weighted by atomic mass is 10.6. The molecule has 0 aliphatic rings. The molecule has 0 aliphatic heterocycles. The fourth-order valence-corrected chi connectivity index (χ4v) is 0. The summed E-state index contributed by atoms with van der Waals surface area (Å²) in [5.41, 5.74) is 0. The summed E-state index contributed by atoms with van der Waals surface area (Å²) in [6, 6.07) is 0. The van der Waals surface area contributed by atoms with Gasteiger partial charge in [-0.2, -0.15) is 11.8 Å². The summed E-state index contributed by atoms with van der Waals surface area (Å²) in [6.45, 7) is 0. The van der Waals surface area contributed by atoms with Gasteiger partial charge in [0.05, 0.1) is 0 Å². The van der Waals surface area contributed by atoms with Gasteiger partial charge in [-0.15, -0.1) is 0 Å². The lowest BCUT2D eigenvalue weighted by Gasteiger charge is -1.51. The van der Waals surface area contributed by atoms with E-state index >= 15 is 0 Å². The molecule has 3 heteroatoms. The predicted molar refractivity (Wildman–Crippen MR) is 27.4 cm³/mol. The Morgan fingerprint density at radius 3 is 1.40 bits per heavy atom. The van der Waals surface area contributed by atoms with Gasteiger partial charge in [-0.25, -0.2) is 0 Å². The average Bonchev–Trinajstić information content (AvgIpc) is 1.46. The smallest absolute Gasteiger partial charge is 0.277 e. The third kappa shape index (κ3) is 176. The highest BCUT2D eigenvalue weighted by Gasteiger charge is 1.32. The Balaban J connectivity index is 0. The van der Waals surface area contributed by atoms with E-state index in [1.165, 1.54) is 0 Å². The van der Waals surface area contributed by atoms with Crippen LogP contribution in [0.15, 0.2) is 0 Å². The van der Waals surface area contributed by atoms with Crippen molar-refractivity contribution >= 4 is 19.8 Å². The number of hydrogen-bond acceptors (Lipinski definition) is 2. The first kappa shape index (κ1) is 9.03. The second-order valence-electron chi connectivity index (χ2n) is 0.408. The third-order valence-corrected chi connectivity index (χ3v) is 0. The van der Waals surface area contributed by atoms with Crippen LogP contribution in [-0.2, 0) is 0 Å². The van der Waals surface area contributed by atoms with Crippen molar-refractivity contribution in [2.75, 3.05) is 12.5 Å². The van der Waals surface area contributed by atoms with E-state index in [4.69, 9.17) is 5.02 Å². The van der Waals surface area contributed by atoms with E-state index in [9.17, 15) is 0 Å². The van der Waals surface area contributed by atoms with Crippen LogP contribution in [0, 0.1) is 0 Å². The minimum Gasteiger partial charge on any atom is -0.461 e. The SMILES string of the molecule is CSC.[B]O. The van der Waals surface area contributed by atoms with Gasteiger partial charge in [-0.3, -0.25) is 0 Å². The van der Waals surface area contributed by atoms with Crippen molar-refractivity contribution in [3.05, 3.63) is 0 Å². The van der Waals surface area contributed by atoms with Crippen LogP contribution in [-0.4, -0.2) is 25.6 Å². The fourth-order valence-electron chi connectivity index (χ4n) is 0. The van der Waals surface area contributed by atoms with Crippen LogP contribution >= 0.6 is 11.8 Å². The minimum atomic E-state index is 1.75. The van der Waals surface area contributed by atoms with Gasteiger partial charge in [-0.1, -0.05) is 0 Å². The Morgan fingerprint density at radius 2 is 1.40 bits per heavy atom.